The second-order valence-corrected chi connectivity index (χ2v) is 9.82. The van der Waals surface area contributed by atoms with Gasteiger partial charge >= 0.3 is 6.18 Å². The molecule has 2 aliphatic rings. The van der Waals surface area contributed by atoms with E-state index in [4.69, 9.17) is 0 Å². The molecule has 2 aliphatic carbocycles. The molecule has 0 radical (unpaired) electrons. The molecule has 0 aliphatic heterocycles. The molecular weight excluding hydrogens is 469 g/mol. The molecule has 0 bridgehead atoms. The summed E-state index contributed by atoms with van der Waals surface area (Å²) < 4.78 is 96.2. The van der Waals surface area contributed by atoms with E-state index >= 15 is 4.39 Å². The average molecular weight is 497 g/mol. The van der Waals surface area contributed by atoms with Crippen molar-refractivity contribution in [3.05, 3.63) is 76.4 Å². The molecule has 0 N–H and O–H groups in total. The molecule has 188 valence electrons. The largest absolute Gasteiger partial charge is 0.409 e. The Morgan fingerprint density at radius 2 is 1.43 bits per heavy atom. The number of alkyl halides is 3. The summed E-state index contributed by atoms with van der Waals surface area (Å²) in [6, 6.07) is 2.53. The molecule has 1 atom stereocenters. The first kappa shape index (κ1) is 25.5. The Morgan fingerprint density at radius 1 is 0.800 bits per heavy atom. The summed E-state index contributed by atoms with van der Waals surface area (Å²) in [5.74, 6) is -3.02. The van der Waals surface area contributed by atoms with Crippen LogP contribution in [0, 0.1) is 41.0 Å². The summed E-state index contributed by atoms with van der Waals surface area (Å²) in [6.45, 7) is 2.26. The van der Waals surface area contributed by atoms with Crippen LogP contribution in [0.2, 0.25) is 0 Å². The van der Waals surface area contributed by atoms with E-state index in [1.165, 1.54) is 18.9 Å². The standard InChI is InChI=1S/C28H27F7/c1-16-2-4-17(5-3-16)6-7-18-8-9-21-19(12-18)13-25(31)26(27(21)32)20-14-23(29)22(24(30)15-20)10-11-28(33,34)35/h6-7,10-11,13-18H,2-5,8-9,12H2,1H3/b7-6+,11-10+. The monoisotopic (exact) mass is 496 g/mol. The molecule has 2 aromatic rings. The highest BCUT2D eigenvalue weighted by Crippen LogP contribution is 2.37. The lowest BCUT2D eigenvalue weighted by molar-refractivity contribution is -0.0790. The van der Waals surface area contributed by atoms with Crippen LogP contribution in [0.3, 0.4) is 0 Å². The van der Waals surface area contributed by atoms with E-state index in [9.17, 15) is 26.3 Å². The first-order valence-electron chi connectivity index (χ1n) is 11.9. The van der Waals surface area contributed by atoms with Crippen molar-refractivity contribution in [3.8, 4) is 11.1 Å². The van der Waals surface area contributed by atoms with E-state index in [1.807, 2.05) is 0 Å². The summed E-state index contributed by atoms with van der Waals surface area (Å²) in [6.07, 6.45) is 5.87. The average Bonchev–Trinajstić information content (AvgIpc) is 2.77. The molecule has 0 saturated heterocycles. The molecule has 1 fully saturated rings. The van der Waals surface area contributed by atoms with Gasteiger partial charge in [0.25, 0.3) is 0 Å². The van der Waals surface area contributed by atoms with Crippen molar-refractivity contribution in [1.82, 2.24) is 0 Å². The summed E-state index contributed by atoms with van der Waals surface area (Å²) >= 11 is 0. The van der Waals surface area contributed by atoms with E-state index < -0.39 is 46.1 Å². The van der Waals surface area contributed by atoms with Gasteiger partial charge in [-0.05, 0) is 90.8 Å². The van der Waals surface area contributed by atoms with Gasteiger partial charge in [0, 0.05) is 11.6 Å². The molecular formula is C28H27F7. The number of benzene rings is 2. The summed E-state index contributed by atoms with van der Waals surface area (Å²) in [7, 11) is 0. The van der Waals surface area contributed by atoms with Crippen LogP contribution in [-0.2, 0) is 12.8 Å². The molecule has 1 unspecified atom stereocenters. The molecule has 0 amide bonds. The summed E-state index contributed by atoms with van der Waals surface area (Å²) in [4.78, 5) is 0. The topological polar surface area (TPSA) is 0 Å². The number of fused-ring (bicyclic) bond motifs is 1. The van der Waals surface area contributed by atoms with Crippen molar-refractivity contribution in [3.63, 3.8) is 0 Å². The highest BCUT2D eigenvalue weighted by molar-refractivity contribution is 5.69. The van der Waals surface area contributed by atoms with Crippen molar-refractivity contribution >= 4 is 6.08 Å². The van der Waals surface area contributed by atoms with Gasteiger partial charge in [-0.2, -0.15) is 13.2 Å². The Morgan fingerprint density at radius 3 is 2.06 bits per heavy atom. The molecule has 7 heteroatoms. The van der Waals surface area contributed by atoms with Gasteiger partial charge in [0.15, 0.2) is 0 Å². The zero-order valence-corrected chi connectivity index (χ0v) is 19.4. The maximum atomic E-state index is 15.3. The molecule has 0 nitrogen and oxygen atoms in total. The van der Waals surface area contributed by atoms with Crippen LogP contribution in [-0.4, -0.2) is 6.18 Å². The molecule has 0 heterocycles. The lowest BCUT2D eigenvalue weighted by atomic mass is 9.79. The van der Waals surface area contributed by atoms with Gasteiger partial charge in [-0.3, -0.25) is 0 Å². The van der Waals surface area contributed by atoms with Crippen LogP contribution in [0.15, 0.2) is 36.4 Å². The minimum Gasteiger partial charge on any atom is -0.206 e. The van der Waals surface area contributed by atoms with Crippen LogP contribution >= 0.6 is 0 Å². The molecule has 2 aromatic carbocycles. The number of hydrogen-bond donors (Lipinski definition) is 0. The zero-order chi connectivity index (χ0) is 25.3. The molecule has 0 spiro atoms. The fraction of sp³-hybridized carbons (Fsp3) is 0.429. The van der Waals surface area contributed by atoms with Gasteiger partial charge in [0.1, 0.15) is 23.3 Å². The Kier molecular flexibility index (Phi) is 7.43. The zero-order valence-electron chi connectivity index (χ0n) is 19.4. The van der Waals surface area contributed by atoms with E-state index in [2.05, 4.69) is 19.1 Å². The van der Waals surface area contributed by atoms with Crippen LogP contribution in [0.5, 0.6) is 0 Å². The number of allylic oxidation sites excluding steroid dienone is 3. The van der Waals surface area contributed by atoms with Gasteiger partial charge in [0.05, 0.1) is 5.56 Å². The van der Waals surface area contributed by atoms with E-state index in [1.54, 1.807) is 0 Å². The maximum Gasteiger partial charge on any atom is 0.409 e. The fourth-order valence-electron chi connectivity index (χ4n) is 5.16. The van der Waals surface area contributed by atoms with E-state index in [-0.39, 0.29) is 18.1 Å². The molecule has 4 rings (SSSR count). The third kappa shape index (κ3) is 5.99. The predicted octanol–water partition coefficient (Wildman–Crippen LogP) is 8.97. The lowest BCUT2D eigenvalue weighted by Gasteiger charge is -2.26. The Balaban J connectivity index is 1.57. The van der Waals surface area contributed by atoms with Gasteiger partial charge in [-0.25, -0.2) is 17.6 Å². The highest BCUT2D eigenvalue weighted by atomic mass is 19.4. The van der Waals surface area contributed by atoms with Gasteiger partial charge in [-0.1, -0.05) is 31.9 Å². The maximum absolute atomic E-state index is 15.3. The minimum absolute atomic E-state index is 0.168. The van der Waals surface area contributed by atoms with Crippen molar-refractivity contribution in [2.45, 2.75) is 58.0 Å². The molecule has 1 saturated carbocycles. The van der Waals surface area contributed by atoms with Crippen molar-refractivity contribution in [2.75, 3.05) is 0 Å². The van der Waals surface area contributed by atoms with Crippen LogP contribution in [0.4, 0.5) is 30.7 Å². The summed E-state index contributed by atoms with van der Waals surface area (Å²) in [5, 5.41) is 0. The Labute approximate surface area is 200 Å². The number of hydrogen-bond acceptors (Lipinski definition) is 0. The Bertz CT molecular complexity index is 1110. The second-order valence-electron chi connectivity index (χ2n) is 9.82. The van der Waals surface area contributed by atoms with E-state index in [0.29, 0.717) is 48.4 Å². The first-order valence-corrected chi connectivity index (χ1v) is 11.9. The number of halogens is 7. The van der Waals surface area contributed by atoms with Crippen LogP contribution in [0.1, 0.15) is 55.7 Å². The van der Waals surface area contributed by atoms with Crippen molar-refractivity contribution < 1.29 is 30.7 Å². The third-order valence-electron chi connectivity index (χ3n) is 7.18. The molecule has 35 heavy (non-hydrogen) atoms. The Hall–Kier alpha value is -2.57. The van der Waals surface area contributed by atoms with Crippen LogP contribution in [0.25, 0.3) is 17.2 Å². The van der Waals surface area contributed by atoms with Gasteiger partial charge < -0.3 is 0 Å². The van der Waals surface area contributed by atoms with Crippen LogP contribution < -0.4 is 0 Å². The van der Waals surface area contributed by atoms with Crippen molar-refractivity contribution in [2.24, 2.45) is 17.8 Å². The smallest absolute Gasteiger partial charge is 0.206 e. The minimum atomic E-state index is -4.75. The highest BCUT2D eigenvalue weighted by Gasteiger charge is 2.27. The lowest BCUT2D eigenvalue weighted by Crippen LogP contribution is -2.16. The van der Waals surface area contributed by atoms with E-state index in [0.717, 1.165) is 18.8 Å². The SMILES string of the molecule is CC1CCC(/C=C/C2CCc3c(cc(F)c(-c4cc(F)c(/C=C/C(F)(F)F)c(F)c4)c3F)C2)CC1. The van der Waals surface area contributed by atoms with Gasteiger partial charge in [-0.15, -0.1) is 0 Å². The second kappa shape index (κ2) is 10.2. The van der Waals surface area contributed by atoms with Crippen molar-refractivity contribution in [1.29, 1.82) is 0 Å². The first-order chi connectivity index (χ1) is 16.5. The summed E-state index contributed by atoms with van der Waals surface area (Å²) in [5.41, 5.74) is -1.03. The number of rotatable bonds is 4. The molecule has 0 aromatic heterocycles. The quantitative estimate of drug-likeness (QED) is 0.293. The van der Waals surface area contributed by atoms with Gasteiger partial charge in [0.2, 0.25) is 0 Å². The third-order valence-corrected chi connectivity index (χ3v) is 7.18. The fourth-order valence-corrected chi connectivity index (χ4v) is 5.16. The normalized spacial score (nSPS) is 23.3. The predicted molar refractivity (Wildman–Crippen MR) is 123 cm³/mol.